The van der Waals surface area contributed by atoms with Crippen LogP contribution >= 0.6 is 15.9 Å². The molecule has 1 aromatic carbocycles. The van der Waals surface area contributed by atoms with Gasteiger partial charge in [0.05, 0.1) is 18.1 Å². The van der Waals surface area contributed by atoms with Gasteiger partial charge in [0.15, 0.2) is 9.84 Å². The molecule has 6 heteroatoms. The summed E-state index contributed by atoms with van der Waals surface area (Å²) in [5.41, 5.74) is 6.76. The van der Waals surface area contributed by atoms with E-state index in [1.54, 1.807) is 6.07 Å². The maximum absolute atomic E-state index is 12.2. The van der Waals surface area contributed by atoms with Crippen LogP contribution in [0.2, 0.25) is 0 Å². The van der Waals surface area contributed by atoms with E-state index in [2.05, 4.69) is 15.9 Å². The third-order valence-corrected chi connectivity index (χ3v) is 5.94. The van der Waals surface area contributed by atoms with Crippen LogP contribution in [0.1, 0.15) is 12.5 Å². The molecular weight excluding hydrogens is 318 g/mol. The third-order valence-electron chi connectivity index (χ3n) is 2.91. The maximum atomic E-state index is 12.2. The number of benzene rings is 1. The van der Waals surface area contributed by atoms with Gasteiger partial charge in [-0.3, -0.25) is 0 Å². The molecule has 0 spiro atoms. The first-order chi connectivity index (χ1) is 8.41. The van der Waals surface area contributed by atoms with E-state index in [1.807, 2.05) is 19.1 Å². The van der Waals surface area contributed by atoms with Crippen molar-refractivity contribution in [1.82, 2.24) is 0 Å². The molecular formula is C12H16BrNO3S. The van der Waals surface area contributed by atoms with Crippen LogP contribution in [-0.4, -0.2) is 32.9 Å². The summed E-state index contributed by atoms with van der Waals surface area (Å²) in [7, 11) is -3.28. The van der Waals surface area contributed by atoms with Gasteiger partial charge in [-0.1, -0.05) is 6.07 Å². The lowest BCUT2D eigenvalue weighted by Crippen LogP contribution is -2.40. The van der Waals surface area contributed by atoms with Gasteiger partial charge in [0.25, 0.3) is 0 Å². The van der Waals surface area contributed by atoms with Gasteiger partial charge in [-0.15, -0.1) is 0 Å². The molecule has 1 unspecified atom stereocenters. The van der Waals surface area contributed by atoms with Crippen molar-refractivity contribution < 1.29 is 13.2 Å². The van der Waals surface area contributed by atoms with Crippen molar-refractivity contribution in [3.63, 3.8) is 0 Å². The fourth-order valence-corrected chi connectivity index (χ4v) is 4.45. The van der Waals surface area contributed by atoms with Crippen molar-refractivity contribution in [3.05, 3.63) is 28.2 Å². The summed E-state index contributed by atoms with van der Waals surface area (Å²) in [5.74, 6) is 0. The highest BCUT2D eigenvalue weighted by atomic mass is 79.9. The average molecular weight is 334 g/mol. The largest absolute Gasteiger partial charge is 0.379 e. The molecule has 1 fully saturated rings. The minimum Gasteiger partial charge on any atom is -0.379 e. The zero-order valence-electron chi connectivity index (χ0n) is 10.1. The number of nitrogens with two attached hydrogens (primary N) is 1. The highest BCUT2D eigenvalue weighted by molar-refractivity contribution is 9.10. The minimum absolute atomic E-state index is 0.0550. The second-order valence-corrected chi connectivity index (χ2v) is 7.70. The van der Waals surface area contributed by atoms with Gasteiger partial charge in [0.2, 0.25) is 0 Å². The molecule has 2 rings (SSSR count). The summed E-state index contributed by atoms with van der Waals surface area (Å²) in [5, 5.41) is -0.409. The first-order valence-electron chi connectivity index (χ1n) is 5.77. The second kappa shape index (κ2) is 5.28. The number of halogens is 1. The van der Waals surface area contributed by atoms with Crippen molar-refractivity contribution in [1.29, 1.82) is 0 Å². The second-order valence-electron chi connectivity index (χ2n) is 4.65. The summed E-state index contributed by atoms with van der Waals surface area (Å²) < 4.78 is 30.0. The summed E-state index contributed by atoms with van der Waals surface area (Å²) in [6.45, 7) is 2.50. The Balaban J connectivity index is 2.29. The monoisotopic (exact) mass is 333 g/mol. The Kier molecular flexibility index (Phi) is 4.11. The molecule has 1 aliphatic rings. The van der Waals surface area contributed by atoms with Crippen molar-refractivity contribution in [2.45, 2.75) is 29.5 Å². The van der Waals surface area contributed by atoms with Crippen LogP contribution in [0.3, 0.4) is 0 Å². The van der Waals surface area contributed by atoms with Crippen LogP contribution in [0.25, 0.3) is 0 Å². The third kappa shape index (κ3) is 2.77. The molecule has 0 bridgehead atoms. The van der Waals surface area contributed by atoms with Crippen LogP contribution in [-0.2, 0) is 21.0 Å². The fraction of sp³-hybridized carbons (Fsp3) is 0.500. The Hall–Kier alpha value is -0.430. The van der Waals surface area contributed by atoms with E-state index in [0.717, 1.165) is 12.0 Å². The van der Waals surface area contributed by atoms with E-state index < -0.39 is 15.1 Å². The van der Waals surface area contributed by atoms with Crippen molar-refractivity contribution in [2.75, 3.05) is 13.2 Å². The molecule has 1 aromatic rings. The Bertz CT molecular complexity index is 538. The normalized spacial score (nSPS) is 18.4. The van der Waals surface area contributed by atoms with Crippen LogP contribution in [0, 0.1) is 0 Å². The first kappa shape index (κ1) is 14.0. The first-order valence-corrected chi connectivity index (χ1v) is 8.11. The van der Waals surface area contributed by atoms with Gasteiger partial charge < -0.3 is 10.5 Å². The average Bonchev–Trinajstić information content (AvgIpc) is 2.11. The van der Waals surface area contributed by atoms with Crippen LogP contribution in [0.15, 0.2) is 27.6 Å². The molecule has 1 aliphatic heterocycles. The van der Waals surface area contributed by atoms with Crippen molar-refractivity contribution >= 4 is 25.8 Å². The van der Waals surface area contributed by atoms with Crippen LogP contribution in [0.5, 0.6) is 0 Å². The Morgan fingerprint density at radius 2 is 2.17 bits per heavy atom. The van der Waals surface area contributed by atoms with E-state index in [9.17, 15) is 8.42 Å². The van der Waals surface area contributed by atoms with Gasteiger partial charge in [0.1, 0.15) is 5.25 Å². The Morgan fingerprint density at radius 1 is 1.50 bits per heavy atom. The van der Waals surface area contributed by atoms with Crippen LogP contribution < -0.4 is 5.73 Å². The predicted molar refractivity (Wildman–Crippen MR) is 73.3 cm³/mol. The molecule has 2 N–H and O–H groups in total. The fourth-order valence-electron chi connectivity index (χ4n) is 1.85. The van der Waals surface area contributed by atoms with Gasteiger partial charge in [-0.2, -0.15) is 0 Å². The van der Waals surface area contributed by atoms with Crippen molar-refractivity contribution in [3.8, 4) is 0 Å². The van der Waals surface area contributed by atoms with E-state index in [0.29, 0.717) is 9.37 Å². The molecule has 0 radical (unpaired) electrons. The van der Waals surface area contributed by atoms with Crippen LogP contribution in [0.4, 0.5) is 0 Å². The molecule has 4 nitrogen and oxygen atoms in total. The maximum Gasteiger partial charge on any atom is 0.186 e. The molecule has 0 amide bonds. The summed E-state index contributed by atoms with van der Waals surface area (Å²) in [6, 6.07) is 5.35. The molecule has 0 saturated carbocycles. The lowest BCUT2D eigenvalue weighted by molar-refractivity contribution is 0.0416. The number of ether oxygens (including phenoxy) is 1. The van der Waals surface area contributed by atoms with E-state index in [1.165, 1.54) is 0 Å². The number of hydrogen-bond acceptors (Lipinski definition) is 4. The lowest BCUT2D eigenvalue weighted by Gasteiger charge is -2.26. The molecule has 1 atom stereocenters. The molecule has 100 valence electrons. The zero-order chi connectivity index (χ0) is 13.3. The SMILES string of the molecule is CC(N)Cc1ccc(S(=O)(=O)C2COC2)c(Br)c1. The summed E-state index contributed by atoms with van der Waals surface area (Å²) in [6.07, 6.45) is 0.728. The van der Waals surface area contributed by atoms with E-state index in [-0.39, 0.29) is 19.3 Å². The smallest absolute Gasteiger partial charge is 0.186 e. The Labute approximate surface area is 116 Å². The summed E-state index contributed by atoms with van der Waals surface area (Å²) >= 11 is 3.33. The lowest BCUT2D eigenvalue weighted by atomic mass is 10.1. The van der Waals surface area contributed by atoms with Gasteiger partial charge in [-0.05, 0) is 47.0 Å². The highest BCUT2D eigenvalue weighted by Gasteiger charge is 2.35. The Morgan fingerprint density at radius 3 is 2.61 bits per heavy atom. The number of rotatable bonds is 4. The quantitative estimate of drug-likeness (QED) is 0.906. The van der Waals surface area contributed by atoms with Gasteiger partial charge in [0, 0.05) is 10.5 Å². The molecule has 18 heavy (non-hydrogen) atoms. The molecule has 0 aromatic heterocycles. The van der Waals surface area contributed by atoms with Gasteiger partial charge in [-0.25, -0.2) is 8.42 Å². The molecule has 0 aliphatic carbocycles. The predicted octanol–water partition coefficient (Wildman–Crippen LogP) is 1.51. The highest BCUT2D eigenvalue weighted by Crippen LogP contribution is 2.29. The summed E-state index contributed by atoms with van der Waals surface area (Å²) in [4.78, 5) is 0.337. The number of hydrogen-bond donors (Lipinski definition) is 1. The zero-order valence-corrected chi connectivity index (χ0v) is 12.5. The molecule has 1 saturated heterocycles. The topological polar surface area (TPSA) is 69.4 Å². The molecule has 1 heterocycles. The van der Waals surface area contributed by atoms with Crippen molar-refractivity contribution in [2.24, 2.45) is 5.73 Å². The number of sulfone groups is 1. The minimum atomic E-state index is -3.28. The van der Waals surface area contributed by atoms with E-state index in [4.69, 9.17) is 10.5 Å². The standard InChI is InChI=1S/C12H16BrNO3S/c1-8(14)4-9-2-3-12(11(13)5-9)18(15,16)10-6-17-7-10/h2-3,5,8,10H,4,6-7,14H2,1H3. The van der Waals surface area contributed by atoms with Gasteiger partial charge >= 0.3 is 0 Å². The van der Waals surface area contributed by atoms with E-state index >= 15 is 0 Å².